The zero-order valence-corrected chi connectivity index (χ0v) is 9.94. The normalized spacial score (nSPS) is 10.0. The Morgan fingerprint density at radius 3 is 2.67 bits per heavy atom. The number of carbonyl (C=O) groups excluding carboxylic acids is 1. The van der Waals surface area contributed by atoms with Gasteiger partial charge in [0.25, 0.3) is 11.6 Å². The number of para-hydroxylation sites is 2. The SMILES string of the molecule is Nc1sccc1C(=O)Nc1ccccc1[N+](=O)[O-]. The van der Waals surface area contributed by atoms with E-state index < -0.39 is 10.8 Å². The van der Waals surface area contributed by atoms with E-state index >= 15 is 0 Å². The second-order valence-corrected chi connectivity index (χ2v) is 4.37. The van der Waals surface area contributed by atoms with Crippen LogP contribution in [0.25, 0.3) is 0 Å². The van der Waals surface area contributed by atoms with E-state index in [0.717, 1.165) is 0 Å². The first-order chi connectivity index (χ1) is 8.59. The average molecular weight is 263 g/mol. The summed E-state index contributed by atoms with van der Waals surface area (Å²) < 4.78 is 0. The van der Waals surface area contributed by atoms with Crippen molar-refractivity contribution in [1.29, 1.82) is 0 Å². The van der Waals surface area contributed by atoms with Gasteiger partial charge in [-0.2, -0.15) is 0 Å². The summed E-state index contributed by atoms with van der Waals surface area (Å²) >= 11 is 1.24. The van der Waals surface area contributed by atoms with E-state index in [2.05, 4.69) is 5.32 Å². The van der Waals surface area contributed by atoms with Crippen molar-refractivity contribution in [2.24, 2.45) is 0 Å². The van der Waals surface area contributed by atoms with Crippen LogP contribution >= 0.6 is 11.3 Å². The first-order valence-electron chi connectivity index (χ1n) is 4.97. The predicted octanol–water partition coefficient (Wildman–Crippen LogP) is 2.49. The highest BCUT2D eigenvalue weighted by molar-refractivity contribution is 7.14. The Morgan fingerprint density at radius 1 is 1.33 bits per heavy atom. The fourth-order valence-electron chi connectivity index (χ4n) is 1.44. The zero-order chi connectivity index (χ0) is 13.1. The van der Waals surface area contributed by atoms with Crippen molar-refractivity contribution in [2.45, 2.75) is 0 Å². The Hall–Kier alpha value is -2.41. The Bertz CT molecular complexity index is 609. The molecule has 92 valence electrons. The number of amides is 1. The van der Waals surface area contributed by atoms with E-state index in [9.17, 15) is 14.9 Å². The molecule has 1 heterocycles. The van der Waals surface area contributed by atoms with Crippen molar-refractivity contribution in [3.05, 3.63) is 51.4 Å². The number of thiophene rings is 1. The van der Waals surface area contributed by atoms with E-state index in [1.165, 1.54) is 29.5 Å². The Kier molecular flexibility index (Phi) is 3.24. The van der Waals surface area contributed by atoms with Crippen LogP contribution in [0.3, 0.4) is 0 Å². The summed E-state index contributed by atoms with van der Waals surface area (Å²) in [6.07, 6.45) is 0. The van der Waals surface area contributed by atoms with Crippen molar-refractivity contribution in [3.8, 4) is 0 Å². The third-order valence-electron chi connectivity index (χ3n) is 2.29. The molecule has 1 amide bonds. The third-order valence-corrected chi connectivity index (χ3v) is 3.03. The summed E-state index contributed by atoms with van der Waals surface area (Å²) in [5.74, 6) is -0.456. The molecule has 0 saturated carbocycles. The molecule has 1 aromatic heterocycles. The predicted molar refractivity (Wildman–Crippen MR) is 69.8 cm³/mol. The maximum atomic E-state index is 11.9. The number of nitrogens with zero attached hydrogens (tertiary/aromatic N) is 1. The van der Waals surface area contributed by atoms with E-state index in [4.69, 9.17) is 5.73 Å². The molecule has 0 aliphatic heterocycles. The highest BCUT2D eigenvalue weighted by Gasteiger charge is 2.17. The number of nitro benzene ring substituents is 1. The van der Waals surface area contributed by atoms with E-state index in [1.807, 2.05) is 0 Å². The largest absolute Gasteiger partial charge is 0.390 e. The first-order valence-corrected chi connectivity index (χ1v) is 5.85. The van der Waals surface area contributed by atoms with Gasteiger partial charge in [0.05, 0.1) is 15.5 Å². The fraction of sp³-hybridized carbons (Fsp3) is 0. The average Bonchev–Trinajstić information content (AvgIpc) is 2.76. The third kappa shape index (κ3) is 2.30. The molecule has 0 aliphatic carbocycles. The van der Waals surface area contributed by atoms with Gasteiger partial charge in [-0.3, -0.25) is 14.9 Å². The smallest absolute Gasteiger partial charge is 0.292 e. The van der Waals surface area contributed by atoms with Gasteiger partial charge in [-0.15, -0.1) is 11.3 Å². The second kappa shape index (κ2) is 4.84. The monoisotopic (exact) mass is 263 g/mol. The fourth-order valence-corrected chi connectivity index (χ4v) is 2.08. The number of nitro groups is 1. The zero-order valence-electron chi connectivity index (χ0n) is 9.12. The van der Waals surface area contributed by atoms with Crippen molar-refractivity contribution in [2.75, 3.05) is 11.1 Å². The maximum absolute atomic E-state index is 11.9. The van der Waals surface area contributed by atoms with Crippen LogP contribution in [0.5, 0.6) is 0 Å². The van der Waals surface area contributed by atoms with Gasteiger partial charge in [-0.1, -0.05) is 12.1 Å². The summed E-state index contributed by atoms with van der Waals surface area (Å²) in [5, 5.41) is 15.3. The minimum Gasteiger partial charge on any atom is -0.390 e. The quantitative estimate of drug-likeness (QED) is 0.656. The van der Waals surface area contributed by atoms with Crippen molar-refractivity contribution in [1.82, 2.24) is 0 Å². The van der Waals surface area contributed by atoms with Crippen LogP contribution in [0.4, 0.5) is 16.4 Å². The summed E-state index contributed by atoms with van der Waals surface area (Å²) in [7, 11) is 0. The van der Waals surface area contributed by atoms with Gasteiger partial charge in [-0.25, -0.2) is 0 Å². The molecule has 2 aromatic rings. The molecule has 0 unspecified atom stereocenters. The van der Waals surface area contributed by atoms with Crippen molar-refractivity contribution in [3.63, 3.8) is 0 Å². The van der Waals surface area contributed by atoms with E-state index in [0.29, 0.717) is 10.6 Å². The van der Waals surface area contributed by atoms with Crippen LogP contribution < -0.4 is 11.1 Å². The molecule has 0 aliphatic rings. The number of nitrogens with two attached hydrogens (primary N) is 1. The van der Waals surface area contributed by atoms with Crippen LogP contribution in [0.2, 0.25) is 0 Å². The molecule has 1 aromatic carbocycles. The van der Waals surface area contributed by atoms with E-state index in [-0.39, 0.29) is 11.4 Å². The highest BCUT2D eigenvalue weighted by atomic mass is 32.1. The number of anilines is 2. The molecule has 0 bridgehead atoms. The van der Waals surface area contributed by atoms with E-state index in [1.54, 1.807) is 17.5 Å². The van der Waals surface area contributed by atoms with Crippen LogP contribution in [0.15, 0.2) is 35.7 Å². The van der Waals surface area contributed by atoms with Gasteiger partial charge in [0.1, 0.15) is 5.69 Å². The van der Waals surface area contributed by atoms with Gasteiger partial charge in [0, 0.05) is 6.07 Å². The van der Waals surface area contributed by atoms with Crippen LogP contribution in [-0.2, 0) is 0 Å². The minimum absolute atomic E-state index is 0.151. The number of nitrogens with one attached hydrogen (secondary N) is 1. The molecule has 0 radical (unpaired) electrons. The summed E-state index contributed by atoms with van der Waals surface area (Å²) in [6.45, 7) is 0. The summed E-state index contributed by atoms with van der Waals surface area (Å²) in [5.41, 5.74) is 5.93. The number of nitrogen functional groups attached to an aromatic ring is 1. The van der Waals surface area contributed by atoms with Gasteiger partial charge in [-0.05, 0) is 17.5 Å². The Morgan fingerprint density at radius 2 is 2.06 bits per heavy atom. The van der Waals surface area contributed by atoms with Crippen LogP contribution in [-0.4, -0.2) is 10.8 Å². The lowest BCUT2D eigenvalue weighted by atomic mass is 10.2. The van der Waals surface area contributed by atoms with Gasteiger partial charge in [0.2, 0.25) is 0 Å². The van der Waals surface area contributed by atoms with Crippen molar-refractivity contribution < 1.29 is 9.72 Å². The maximum Gasteiger partial charge on any atom is 0.292 e. The number of carbonyl (C=O) groups is 1. The number of benzene rings is 1. The first kappa shape index (κ1) is 12.1. The lowest BCUT2D eigenvalue weighted by molar-refractivity contribution is -0.383. The molecule has 0 spiro atoms. The molecular formula is C11H9N3O3S. The van der Waals surface area contributed by atoms with Gasteiger partial charge < -0.3 is 11.1 Å². The lowest BCUT2D eigenvalue weighted by Gasteiger charge is -2.05. The topological polar surface area (TPSA) is 98.3 Å². The lowest BCUT2D eigenvalue weighted by Crippen LogP contribution is -2.13. The minimum atomic E-state index is -0.549. The molecule has 18 heavy (non-hydrogen) atoms. The van der Waals surface area contributed by atoms with Gasteiger partial charge >= 0.3 is 0 Å². The highest BCUT2D eigenvalue weighted by Crippen LogP contribution is 2.25. The number of rotatable bonds is 3. The van der Waals surface area contributed by atoms with Crippen LogP contribution in [0, 0.1) is 10.1 Å². The number of hydrogen-bond acceptors (Lipinski definition) is 5. The Balaban J connectivity index is 2.28. The van der Waals surface area contributed by atoms with Gasteiger partial charge in [0.15, 0.2) is 0 Å². The second-order valence-electron chi connectivity index (χ2n) is 3.43. The molecular weight excluding hydrogens is 254 g/mol. The molecule has 6 nitrogen and oxygen atoms in total. The van der Waals surface area contributed by atoms with Crippen molar-refractivity contribution >= 4 is 33.6 Å². The molecule has 7 heteroatoms. The summed E-state index contributed by atoms with van der Waals surface area (Å²) in [4.78, 5) is 22.1. The molecule has 0 fully saturated rings. The standard InChI is InChI=1S/C11H9N3O3S/c12-10-7(5-6-18-10)11(15)13-8-3-1-2-4-9(8)14(16)17/h1-6H,12H2,(H,13,15). The number of hydrogen-bond donors (Lipinski definition) is 2. The molecule has 0 atom stereocenters. The summed E-state index contributed by atoms with van der Waals surface area (Å²) in [6, 6.07) is 7.52. The Labute approximate surface area is 106 Å². The molecule has 0 saturated heterocycles. The molecule has 2 rings (SSSR count). The van der Waals surface area contributed by atoms with Crippen LogP contribution in [0.1, 0.15) is 10.4 Å². The molecule has 3 N–H and O–H groups in total.